The molecule has 1 fully saturated rings. The van der Waals surface area contributed by atoms with E-state index in [9.17, 15) is 14.3 Å². The van der Waals surface area contributed by atoms with E-state index in [1.54, 1.807) is 19.3 Å². The van der Waals surface area contributed by atoms with Gasteiger partial charge in [-0.15, -0.1) is 0 Å². The average Bonchev–Trinajstić information content (AvgIpc) is 3.07. The summed E-state index contributed by atoms with van der Waals surface area (Å²) < 4.78 is 25.0. The van der Waals surface area contributed by atoms with Gasteiger partial charge in [0.1, 0.15) is 11.5 Å². The van der Waals surface area contributed by atoms with Gasteiger partial charge < -0.3 is 19.9 Å². The lowest BCUT2D eigenvalue weighted by Crippen LogP contribution is -2.49. The predicted octanol–water partition coefficient (Wildman–Crippen LogP) is 2.47. The molecule has 164 valence electrons. The van der Waals surface area contributed by atoms with Crippen LogP contribution in [0.25, 0.3) is 0 Å². The molecule has 1 amide bonds. The molecule has 2 bridgehead atoms. The van der Waals surface area contributed by atoms with Crippen molar-refractivity contribution in [3.8, 4) is 0 Å². The summed E-state index contributed by atoms with van der Waals surface area (Å²) in [5, 5.41) is 12.9. The van der Waals surface area contributed by atoms with Crippen LogP contribution >= 0.6 is 0 Å². The predicted molar refractivity (Wildman–Crippen MR) is 115 cm³/mol. The number of methoxy groups -OCH3 is 1. The van der Waals surface area contributed by atoms with Crippen molar-refractivity contribution in [3.05, 3.63) is 58.6 Å². The normalized spacial score (nSPS) is 26.0. The highest BCUT2D eigenvalue weighted by atomic mass is 19.1. The second kappa shape index (κ2) is 9.53. The number of carbonyl (C=O) groups excluding carboxylic acids is 1. The van der Waals surface area contributed by atoms with Gasteiger partial charge in [0.05, 0.1) is 31.6 Å². The highest BCUT2D eigenvalue weighted by Gasteiger charge is 2.28. The number of nitrogens with one attached hydrogen (secondary N) is 1. The molecule has 2 atom stereocenters. The second-order valence-corrected chi connectivity index (χ2v) is 7.85. The molecule has 3 aliphatic heterocycles. The summed E-state index contributed by atoms with van der Waals surface area (Å²) in [5.41, 5.74) is 3.30. The van der Waals surface area contributed by atoms with Crippen molar-refractivity contribution in [1.82, 2.24) is 5.32 Å². The summed E-state index contributed by atoms with van der Waals surface area (Å²) in [5.74, 6) is -0.309. The number of aliphatic hydroxyl groups excluding tert-OH is 1. The van der Waals surface area contributed by atoms with E-state index in [4.69, 9.17) is 9.47 Å². The molecule has 0 aromatic rings. The van der Waals surface area contributed by atoms with Gasteiger partial charge in [0, 0.05) is 19.6 Å². The zero-order valence-corrected chi connectivity index (χ0v) is 17.4. The van der Waals surface area contributed by atoms with Crippen LogP contribution in [0.2, 0.25) is 0 Å². The van der Waals surface area contributed by atoms with E-state index in [1.165, 1.54) is 6.08 Å². The molecule has 0 spiro atoms. The largest absolute Gasteiger partial charge is 0.481 e. The topological polar surface area (TPSA) is 92.5 Å². The molecular formula is C23H26FN3O4. The third-order valence-corrected chi connectivity index (χ3v) is 5.68. The SMILES string of the molecule is COC1=NCCC(CC2=C3C=CC=C(F)C(=NC(C(=O)NC4CCOCC4O)=C2)C3)=C1. The minimum absolute atomic E-state index is 0.134. The van der Waals surface area contributed by atoms with Gasteiger partial charge in [0.15, 0.2) is 0 Å². The van der Waals surface area contributed by atoms with E-state index < -0.39 is 23.9 Å². The Morgan fingerprint density at radius 3 is 3.10 bits per heavy atom. The van der Waals surface area contributed by atoms with Crippen molar-refractivity contribution >= 4 is 17.5 Å². The van der Waals surface area contributed by atoms with Gasteiger partial charge in [-0.05, 0) is 48.6 Å². The van der Waals surface area contributed by atoms with Crippen molar-refractivity contribution in [2.45, 2.75) is 37.8 Å². The highest BCUT2D eigenvalue weighted by Crippen LogP contribution is 2.30. The number of aliphatic hydroxyl groups is 1. The molecule has 2 N–H and O–H groups in total. The molecule has 7 nitrogen and oxygen atoms in total. The first-order chi connectivity index (χ1) is 15.0. The Morgan fingerprint density at radius 1 is 1.42 bits per heavy atom. The minimum atomic E-state index is -0.782. The van der Waals surface area contributed by atoms with Gasteiger partial charge in [-0.25, -0.2) is 9.38 Å². The second-order valence-electron chi connectivity index (χ2n) is 7.85. The van der Waals surface area contributed by atoms with Crippen molar-refractivity contribution in [1.29, 1.82) is 0 Å². The maximum atomic E-state index is 14.5. The quantitative estimate of drug-likeness (QED) is 0.721. The molecule has 1 saturated heterocycles. The number of fused-ring (bicyclic) bond motifs is 2. The van der Waals surface area contributed by atoms with Gasteiger partial charge in [-0.1, -0.05) is 17.7 Å². The van der Waals surface area contributed by atoms with Crippen LogP contribution in [0.4, 0.5) is 4.39 Å². The standard InChI is InChI=1S/C23H26FN3O4/c1-30-22-10-14(5-7-25-22)9-16-12-20(23(29)27-18-6-8-31-13-21(18)28)26-19-11-15(16)3-2-4-17(19)24/h2-4,10,12,18,21,28H,5-9,11,13H2,1H3,(H,27,29). The molecule has 0 radical (unpaired) electrons. The zero-order valence-electron chi connectivity index (χ0n) is 17.4. The fraction of sp³-hybridized carbons (Fsp3) is 0.435. The maximum Gasteiger partial charge on any atom is 0.270 e. The first-order valence-electron chi connectivity index (χ1n) is 10.4. The van der Waals surface area contributed by atoms with Crippen LogP contribution < -0.4 is 5.32 Å². The summed E-state index contributed by atoms with van der Waals surface area (Å²) in [6.07, 6.45) is 9.94. The van der Waals surface area contributed by atoms with Crippen molar-refractivity contribution in [2.24, 2.45) is 9.98 Å². The first kappa shape index (κ1) is 21.4. The Kier molecular flexibility index (Phi) is 6.58. The van der Waals surface area contributed by atoms with Gasteiger partial charge in [0.2, 0.25) is 5.90 Å². The van der Waals surface area contributed by atoms with Gasteiger partial charge in [-0.3, -0.25) is 9.79 Å². The van der Waals surface area contributed by atoms with Crippen LogP contribution in [-0.2, 0) is 14.3 Å². The van der Waals surface area contributed by atoms with Crippen LogP contribution in [0.5, 0.6) is 0 Å². The molecule has 3 heterocycles. The maximum absolute atomic E-state index is 14.5. The fourth-order valence-electron chi connectivity index (χ4n) is 3.94. The number of hydrogen-bond acceptors (Lipinski definition) is 6. The van der Waals surface area contributed by atoms with Crippen LogP contribution in [0, 0.1) is 0 Å². The number of rotatable bonds is 4. The van der Waals surface area contributed by atoms with Crippen LogP contribution in [0.1, 0.15) is 25.7 Å². The van der Waals surface area contributed by atoms with E-state index >= 15 is 0 Å². The van der Waals surface area contributed by atoms with E-state index in [0.717, 1.165) is 23.1 Å². The smallest absolute Gasteiger partial charge is 0.270 e. The number of hydrogen-bond donors (Lipinski definition) is 2. The van der Waals surface area contributed by atoms with Gasteiger partial charge >= 0.3 is 0 Å². The Bertz CT molecular complexity index is 971. The Balaban J connectivity index is 1.64. The number of carbonyl (C=O) groups is 1. The molecule has 4 aliphatic rings. The fourth-order valence-corrected chi connectivity index (χ4v) is 3.94. The summed E-state index contributed by atoms with van der Waals surface area (Å²) >= 11 is 0. The number of halogens is 1. The Morgan fingerprint density at radius 2 is 2.29 bits per heavy atom. The molecule has 0 saturated carbocycles. The van der Waals surface area contributed by atoms with Crippen LogP contribution in [0.3, 0.4) is 0 Å². The van der Waals surface area contributed by atoms with Crippen LogP contribution in [0.15, 0.2) is 68.6 Å². The number of allylic oxidation sites excluding steroid dienone is 7. The van der Waals surface area contributed by atoms with Gasteiger partial charge in [-0.2, -0.15) is 0 Å². The minimum Gasteiger partial charge on any atom is -0.481 e. The van der Waals surface area contributed by atoms with E-state index in [-0.39, 0.29) is 18.0 Å². The summed E-state index contributed by atoms with van der Waals surface area (Å²) in [4.78, 5) is 21.7. The third-order valence-electron chi connectivity index (χ3n) is 5.68. The molecule has 0 aromatic heterocycles. The molecule has 2 unspecified atom stereocenters. The molecular weight excluding hydrogens is 401 g/mol. The molecule has 31 heavy (non-hydrogen) atoms. The summed E-state index contributed by atoms with van der Waals surface area (Å²) in [6.45, 7) is 1.28. The zero-order chi connectivity index (χ0) is 21.8. The lowest BCUT2D eigenvalue weighted by molar-refractivity contribution is -0.120. The number of aliphatic imine (C=N–C) groups is 2. The molecule has 8 heteroatoms. The molecule has 0 aromatic carbocycles. The van der Waals surface area contributed by atoms with Gasteiger partial charge in [0.25, 0.3) is 5.91 Å². The summed E-state index contributed by atoms with van der Waals surface area (Å²) in [7, 11) is 1.58. The highest BCUT2D eigenvalue weighted by molar-refractivity contribution is 6.06. The lowest BCUT2D eigenvalue weighted by atomic mass is 9.94. The van der Waals surface area contributed by atoms with Crippen molar-refractivity contribution in [2.75, 3.05) is 26.9 Å². The van der Waals surface area contributed by atoms with Crippen molar-refractivity contribution in [3.63, 3.8) is 0 Å². The molecule has 4 rings (SSSR count). The number of ether oxygens (including phenoxy) is 2. The van der Waals surface area contributed by atoms with E-state index in [1.807, 2.05) is 12.2 Å². The summed E-state index contributed by atoms with van der Waals surface area (Å²) in [6, 6.07) is -0.425. The Hall–Kier alpha value is -2.84. The number of dihydropyridines is 1. The third kappa shape index (κ3) is 5.08. The first-order valence-corrected chi connectivity index (χ1v) is 10.4. The van der Waals surface area contributed by atoms with Crippen molar-refractivity contribution < 1.29 is 23.8 Å². The Labute approximate surface area is 180 Å². The van der Waals surface area contributed by atoms with E-state index in [2.05, 4.69) is 15.3 Å². The number of amides is 1. The lowest BCUT2D eigenvalue weighted by Gasteiger charge is -2.28. The molecule has 1 aliphatic carbocycles. The number of nitrogens with zero attached hydrogens (tertiary/aromatic N) is 2. The van der Waals surface area contributed by atoms with E-state index in [0.29, 0.717) is 38.3 Å². The average molecular weight is 427 g/mol. The van der Waals surface area contributed by atoms with Crippen LogP contribution in [-0.4, -0.2) is 61.6 Å². The monoisotopic (exact) mass is 427 g/mol.